The number of carbonyl (C=O) groups excluding carboxylic acids is 2. The highest BCUT2D eigenvalue weighted by atomic mass is 16.7. The second-order valence-electron chi connectivity index (χ2n) is 22.3. The predicted octanol–water partition coefficient (Wildman–Crippen LogP) is 7.45. The van der Waals surface area contributed by atoms with Gasteiger partial charge in [-0.1, -0.05) is 81.4 Å². The average Bonchev–Trinajstić information content (AvgIpc) is 3.74. The summed E-state index contributed by atoms with van der Waals surface area (Å²) in [5.41, 5.74) is 7.89. The number of hydrogen-bond donors (Lipinski definition) is 2. The van der Waals surface area contributed by atoms with Gasteiger partial charge in [0.2, 0.25) is 5.91 Å². The molecule has 3 saturated heterocycles. The molecular formula is C48H69B2N3O7. The zero-order chi connectivity index (χ0) is 42.4. The van der Waals surface area contributed by atoms with Crippen LogP contribution in [0, 0.1) is 46.3 Å². The minimum Gasteiger partial charge on any atom is -0.444 e. The van der Waals surface area contributed by atoms with E-state index in [0.29, 0.717) is 56.0 Å². The molecule has 10 nitrogen and oxygen atoms in total. The highest BCUT2D eigenvalue weighted by Crippen LogP contribution is 2.69. The molecule has 5 saturated carbocycles. The molecule has 0 aromatic heterocycles. The third-order valence-electron chi connectivity index (χ3n) is 16.8. The Balaban J connectivity index is 0.891. The Morgan fingerprint density at radius 2 is 1.35 bits per heavy atom. The van der Waals surface area contributed by atoms with Crippen molar-refractivity contribution in [2.45, 2.75) is 154 Å². The van der Waals surface area contributed by atoms with Gasteiger partial charge in [0.1, 0.15) is 5.60 Å². The first-order chi connectivity index (χ1) is 28.3. The van der Waals surface area contributed by atoms with Gasteiger partial charge in [0.25, 0.3) is 0 Å². The molecule has 60 heavy (non-hydrogen) atoms. The molecule has 8 fully saturated rings. The van der Waals surface area contributed by atoms with Crippen LogP contribution in [0.2, 0.25) is 0 Å². The van der Waals surface area contributed by atoms with Gasteiger partial charge in [-0.2, -0.15) is 0 Å². The summed E-state index contributed by atoms with van der Waals surface area (Å²) < 4.78 is 33.2. The fraction of sp³-hybridized carbons (Fsp3) is 0.708. The summed E-state index contributed by atoms with van der Waals surface area (Å²) in [6.45, 7) is 18.5. The maximum absolute atomic E-state index is 14.3. The van der Waals surface area contributed by atoms with Crippen LogP contribution in [0.4, 0.5) is 4.79 Å². The van der Waals surface area contributed by atoms with Crippen molar-refractivity contribution in [1.82, 2.24) is 10.2 Å². The van der Waals surface area contributed by atoms with Crippen molar-refractivity contribution in [2.75, 3.05) is 13.1 Å². The van der Waals surface area contributed by atoms with E-state index >= 15 is 0 Å². The van der Waals surface area contributed by atoms with Crippen LogP contribution < -0.4 is 11.1 Å². The van der Waals surface area contributed by atoms with Crippen molar-refractivity contribution in [3.05, 3.63) is 71.8 Å². The van der Waals surface area contributed by atoms with E-state index in [4.69, 9.17) is 29.1 Å². The van der Waals surface area contributed by atoms with Gasteiger partial charge in [0.15, 0.2) is 0 Å². The molecule has 0 radical (unpaired) electrons. The number of rotatable bonds is 11. The lowest BCUT2D eigenvalue weighted by atomic mass is 9.41. The number of benzene rings is 2. The van der Waals surface area contributed by atoms with Crippen LogP contribution >= 0.6 is 0 Å². The highest BCUT2D eigenvalue weighted by molar-refractivity contribution is 6.48. The third kappa shape index (κ3) is 7.66. The molecule has 2 amide bonds. The number of likely N-dealkylation sites (tertiary alicyclic amines) is 1. The van der Waals surface area contributed by atoms with Gasteiger partial charge in [-0.15, -0.1) is 0 Å². The third-order valence-corrected chi connectivity index (χ3v) is 16.8. The zero-order valence-corrected chi connectivity index (χ0v) is 37.4. The van der Waals surface area contributed by atoms with Gasteiger partial charge >= 0.3 is 20.3 Å². The molecule has 2 unspecified atom stereocenters. The summed E-state index contributed by atoms with van der Waals surface area (Å²) in [6, 6.07) is 20.6. The molecule has 13 atom stereocenters. The second-order valence-corrected chi connectivity index (χ2v) is 22.3. The van der Waals surface area contributed by atoms with Gasteiger partial charge in [-0.05, 0) is 143 Å². The topological polar surface area (TPSA) is 122 Å². The predicted molar refractivity (Wildman–Crippen MR) is 233 cm³/mol. The number of piperidine rings is 1. The largest absolute Gasteiger partial charge is 0.482 e. The van der Waals surface area contributed by atoms with E-state index in [1.54, 1.807) is 0 Å². The Bertz CT molecular complexity index is 1900. The Hall–Kier alpha value is -2.89. The van der Waals surface area contributed by atoms with Crippen LogP contribution in [0.25, 0.3) is 0 Å². The SMILES string of the molecule is CC(C)(C)OC(=O)N1CC(CC2(C)[C@@H]3C[C@H]4OB([C@@H](N)Cc5ccccc5)O[C@@]4(C)[C@H]2C3)C[C@@H](CC(=O)N[C@@H](Cc2ccccc2)B2O[C@@H]3C[C@@H]4C[C@@H](C4(C)C)[C@]3(C)O2)C1. The van der Waals surface area contributed by atoms with E-state index in [1.807, 2.05) is 62.1 Å². The van der Waals surface area contributed by atoms with Gasteiger partial charge in [0, 0.05) is 25.5 Å². The van der Waals surface area contributed by atoms with Gasteiger partial charge in [-0.3, -0.25) is 4.79 Å². The van der Waals surface area contributed by atoms with Crippen LogP contribution in [0.3, 0.4) is 0 Å². The van der Waals surface area contributed by atoms with E-state index in [1.165, 1.54) is 12.0 Å². The molecule has 10 rings (SSSR count). The number of fused-ring (bicyclic) bond motifs is 4. The fourth-order valence-electron chi connectivity index (χ4n) is 13.6. The molecule has 3 heterocycles. The smallest absolute Gasteiger partial charge is 0.444 e. The molecule has 324 valence electrons. The van der Waals surface area contributed by atoms with E-state index in [0.717, 1.165) is 37.7 Å². The van der Waals surface area contributed by atoms with E-state index in [9.17, 15) is 9.59 Å². The van der Waals surface area contributed by atoms with Crippen LogP contribution in [-0.4, -0.2) is 85.1 Å². The highest BCUT2D eigenvalue weighted by Gasteiger charge is 2.71. The number of hydrogen-bond acceptors (Lipinski definition) is 8. The van der Waals surface area contributed by atoms with Crippen molar-refractivity contribution in [3.8, 4) is 0 Å². The molecule has 5 aliphatic carbocycles. The lowest BCUT2D eigenvalue weighted by molar-refractivity contribution is -0.216. The molecule has 8 aliphatic rings. The second kappa shape index (κ2) is 15.4. The summed E-state index contributed by atoms with van der Waals surface area (Å²) in [5, 5.41) is 3.43. The molecule has 2 aromatic carbocycles. The summed E-state index contributed by atoms with van der Waals surface area (Å²) in [7, 11) is -0.978. The van der Waals surface area contributed by atoms with Crippen molar-refractivity contribution in [1.29, 1.82) is 0 Å². The van der Waals surface area contributed by atoms with Crippen LogP contribution in [0.15, 0.2) is 60.7 Å². The number of carbonyl (C=O) groups is 2. The number of amides is 2. The first-order valence-corrected chi connectivity index (χ1v) is 23.1. The van der Waals surface area contributed by atoms with Crippen molar-refractivity contribution < 1.29 is 32.9 Å². The summed E-state index contributed by atoms with van der Waals surface area (Å²) in [6.07, 6.45) is 7.39. The number of nitrogens with one attached hydrogen (secondary N) is 1. The number of ether oxygens (including phenoxy) is 1. The molecule has 3 N–H and O–H groups in total. The van der Waals surface area contributed by atoms with Gasteiger partial charge in [0.05, 0.1) is 29.4 Å². The van der Waals surface area contributed by atoms with E-state index < -0.39 is 25.4 Å². The lowest BCUT2D eigenvalue weighted by Gasteiger charge is -2.66. The molecule has 0 spiro atoms. The molecular weight excluding hydrogens is 752 g/mol. The van der Waals surface area contributed by atoms with Gasteiger partial charge in [-0.25, -0.2) is 4.79 Å². The maximum Gasteiger partial charge on any atom is 0.482 e. The number of nitrogens with two attached hydrogens (primary N) is 1. The first kappa shape index (κ1) is 42.4. The van der Waals surface area contributed by atoms with Crippen molar-refractivity contribution >= 4 is 26.2 Å². The summed E-state index contributed by atoms with van der Waals surface area (Å²) in [5.74, 6) is 1.44. The zero-order valence-electron chi connectivity index (χ0n) is 37.4. The Morgan fingerprint density at radius 1 is 0.783 bits per heavy atom. The maximum atomic E-state index is 14.3. The summed E-state index contributed by atoms with van der Waals surface area (Å²) in [4.78, 5) is 30.0. The first-order valence-electron chi connectivity index (χ1n) is 23.1. The van der Waals surface area contributed by atoms with Crippen LogP contribution in [0.1, 0.15) is 111 Å². The average molecular weight is 822 g/mol. The Morgan fingerprint density at radius 3 is 2.00 bits per heavy atom. The van der Waals surface area contributed by atoms with Crippen molar-refractivity contribution in [2.24, 2.45) is 52.1 Å². The van der Waals surface area contributed by atoms with Gasteiger partial charge < -0.3 is 39.3 Å². The minimum absolute atomic E-state index is 0.0153. The molecule has 12 heteroatoms. The Labute approximate surface area is 359 Å². The Kier molecular flexibility index (Phi) is 10.9. The molecule has 4 bridgehead atoms. The van der Waals surface area contributed by atoms with E-state index in [2.05, 4.69) is 64.2 Å². The normalized spacial score (nSPS) is 38.5. The molecule has 3 aliphatic heterocycles. The quantitative estimate of drug-likeness (QED) is 0.225. The monoisotopic (exact) mass is 822 g/mol. The van der Waals surface area contributed by atoms with Crippen molar-refractivity contribution in [3.63, 3.8) is 0 Å². The minimum atomic E-state index is -0.620. The lowest BCUT2D eigenvalue weighted by Crippen LogP contribution is -2.67. The molecule has 2 aromatic rings. The fourth-order valence-corrected chi connectivity index (χ4v) is 13.6. The van der Waals surface area contributed by atoms with Crippen LogP contribution in [-0.2, 0) is 41.0 Å². The van der Waals surface area contributed by atoms with Crippen LogP contribution in [0.5, 0.6) is 0 Å². The van der Waals surface area contributed by atoms with E-state index in [-0.39, 0.29) is 64.4 Å². The summed E-state index contributed by atoms with van der Waals surface area (Å²) >= 11 is 0. The number of nitrogens with zero attached hydrogens (tertiary/aromatic N) is 1. The standard InChI is InChI=1S/C48H69B2N3O7/c1-44(2,3)56-43(55)53-28-32(22-42(54)52-41(21-31-17-13-10-14-18-31)50-58-38-25-34-23-36(45(34,4)5)47(38,7)60-50)19-33(29-53)27-46(6)35-24-37(46)48(8)39(26-35)57-49(59-48)40(51)20-30-15-11-9-12-16-30/h9-18,32-41H,19-29,51H2,1-8H3,(H,52,54)/t32-,33?,34-,35-,36-,37-,38+,39+,40-,41-,46?,47-,48-/m0/s1.